The lowest BCUT2D eigenvalue weighted by Crippen LogP contribution is -2.02. The molecule has 0 fully saturated rings. The molecule has 1 heterocycles. The molecule has 0 bridgehead atoms. The summed E-state index contributed by atoms with van der Waals surface area (Å²) in [5.41, 5.74) is 0. The zero-order chi connectivity index (χ0) is 10.1. The molecular weight excluding hydrogens is 185 g/mol. The summed E-state index contributed by atoms with van der Waals surface area (Å²) in [6, 6.07) is 1.71. The van der Waals surface area contributed by atoms with E-state index in [2.05, 4.69) is 4.42 Å². The largest absolute Gasteiger partial charge is 0.453 e. The van der Waals surface area contributed by atoms with Crippen LogP contribution in [0.15, 0.2) is 16.5 Å². The van der Waals surface area contributed by atoms with Crippen molar-refractivity contribution in [2.75, 3.05) is 0 Å². The third-order valence-corrected chi connectivity index (χ3v) is 1.33. The van der Waals surface area contributed by atoms with Gasteiger partial charge in [0.05, 0.1) is 0 Å². The molecule has 0 amide bonds. The lowest BCUT2D eigenvalue weighted by molar-refractivity contribution is -0.153. The number of alkyl halides is 3. The third kappa shape index (κ3) is 2.04. The van der Waals surface area contributed by atoms with Gasteiger partial charge in [0.25, 0.3) is 0 Å². The van der Waals surface area contributed by atoms with Crippen molar-refractivity contribution in [3.8, 4) is 12.3 Å². The second-order valence-corrected chi connectivity index (χ2v) is 2.27. The molecule has 1 unspecified atom stereocenters. The topological polar surface area (TPSA) is 33.4 Å². The van der Waals surface area contributed by atoms with E-state index in [1.165, 1.54) is 0 Å². The Bertz CT molecular complexity index is 332. The Labute approximate surface area is 72.0 Å². The van der Waals surface area contributed by atoms with Crippen molar-refractivity contribution in [1.29, 1.82) is 0 Å². The van der Waals surface area contributed by atoms with E-state index >= 15 is 0 Å². The summed E-state index contributed by atoms with van der Waals surface area (Å²) in [6.07, 6.45) is -1.20. The molecule has 0 saturated heterocycles. The highest BCUT2D eigenvalue weighted by Gasteiger charge is 2.35. The van der Waals surface area contributed by atoms with Crippen LogP contribution >= 0.6 is 0 Å². The Morgan fingerprint density at radius 1 is 1.46 bits per heavy atom. The Hall–Kier alpha value is -1.41. The van der Waals surface area contributed by atoms with E-state index in [1.807, 2.05) is 5.92 Å². The van der Waals surface area contributed by atoms with Gasteiger partial charge in [0.15, 0.2) is 6.10 Å². The fraction of sp³-hybridized carbons (Fsp3) is 0.250. The number of rotatable bonds is 1. The van der Waals surface area contributed by atoms with Crippen LogP contribution in [0.3, 0.4) is 0 Å². The van der Waals surface area contributed by atoms with Gasteiger partial charge in [0, 0.05) is 0 Å². The molecule has 1 N–H and O–H groups in total. The maximum absolute atomic E-state index is 11.9. The molecule has 2 nitrogen and oxygen atoms in total. The van der Waals surface area contributed by atoms with Crippen LogP contribution in [-0.2, 0) is 6.18 Å². The fourth-order valence-corrected chi connectivity index (χ4v) is 0.734. The molecule has 1 aromatic heterocycles. The molecule has 0 aliphatic heterocycles. The summed E-state index contributed by atoms with van der Waals surface area (Å²) in [6.45, 7) is 0. The number of aliphatic hydroxyl groups excluding tert-OH is 1. The SMILES string of the molecule is C#CC(O)c1ccc(C(F)(F)F)o1. The summed E-state index contributed by atoms with van der Waals surface area (Å²) in [5, 5.41) is 8.91. The van der Waals surface area contributed by atoms with Gasteiger partial charge in [-0.25, -0.2) is 0 Å². The van der Waals surface area contributed by atoms with Gasteiger partial charge < -0.3 is 9.52 Å². The van der Waals surface area contributed by atoms with Crippen LogP contribution < -0.4 is 0 Å². The Balaban J connectivity index is 2.95. The molecular formula is C8H5F3O2. The minimum atomic E-state index is -4.55. The first-order valence-electron chi connectivity index (χ1n) is 3.26. The van der Waals surface area contributed by atoms with Crippen molar-refractivity contribution in [2.24, 2.45) is 0 Å². The summed E-state index contributed by atoms with van der Waals surface area (Å²) in [5.74, 6) is 0.388. The van der Waals surface area contributed by atoms with E-state index in [0.717, 1.165) is 12.1 Å². The molecule has 0 aromatic carbocycles. The number of terminal acetylenes is 1. The Morgan fingerprint density at radius 3 is 2.46 bits per heavy atom. The molecule has 70 valence electrons. The van der Waals surface area contributed by atoms with Gasteiger partial charge in [-0.3, -0.25) is 0 Å². The van der Waals surface area contributed by atoms with Gasteiger partial charge in [-0.15, -0.1) is 6.42 Å². The van der Waals surface area contributed by atoms with E-state index in [9.17, 15) is 13.2 Å². The highest BCUT2D eigenvalue weighted by Crippen LogP contribution is 2.31. The lowest BCUT2D eigenvalue weighted by Gasteiger charge is -2.01. The fourth-order valence-electron chi connectivity index (χ4n) is 0.734. The highest BCUT2D eigenvalue weighted by atomic mass is 19.4. The van der Waals surface area contributed by atoms with Crippen LogP contribution in [0.2, 0.25) is 0 Å². The van der Waals surface area contributed by atoms with Gasteiger partial charge >= 0.3 is 6.18 Å². The van der Waals surface area contributed by atoms with Gasteiger partial charge in [0.1, 0.15) is 5.76 Å². The smallest absolute Gasteiger partial charge is 0.449 e. The second-order valence-electron chi connectivity index (χ2n) is 2.27. The Kier molecular flexibility index (Phi) is 2.34. The quantitative estimate of drug-likeness (QED) is 0.686. The zero-order valence-corrected chi connectivity index (χ0v) is 6.30. The second kappa shape index (κ2) is 3.15. The van der Waals surface area contributed by atoms with E-state index in [0.29, 0.717) is 0 Å². The molecule has 0 saturated carbocycles. The van der Waals surface area contributed by atoms with Gasteiger partial charge in [-0.1, -0.05) is 5.92 Å². The van der Waals surface area contributed by atoms with Crippen molar-refractivity contribution in [2.45, 2.75) is 12.3 Å². The lowest BCUT2D eigenvalue weighted by atomic mass is 10.3. The van der Waals surface area contributed by atoms with Crippen LogP contribution in [-0.4, -0.2) is 5.11 Å². The average Bonchev–Trinajstić information content (AvgIpc) is 2.50. The minimum absolute atomic E-state index is 0.283. The van der Waals surface area contributed by atoms with Gasteiger partial charge in [0.2, 0.25) is 5.76 Å². The van der Waals surface area contributed by atoms with Crippen LogP contribution in [0.1, 0.15) is 17.6 Å². The van der Waals surface area contributed by atoms with Crippen molar-refractivity contribution in [1.82, 2.24) is 0 Å². The molecule has 0 spiro atoms. The first kappa shape index (κ1) is 9.68. The maximum atomic E-state index is 11.9. The third-order valence-electron chi connectivity index (χ3n) is 1.33. The predicted molar refractivity (Wildman–Crippen MR) is 37.5 cm³/mol. The Morgan fingerprint density at radius 2 is 2.08 bits per heavy atom. The molecule has 0 aliphatic carbocycles. The first-order valence-corrected chi connectivity index (χ1v) is 3.26. The molecule has 1 rings (SSSR count). The number of hydrogen-bond acceptors (Lipinski definition) is 2. The van der Waals surface area contributed by atoms with Crippen LogP contribution in [0.4, 0.5) is 13.2 Å². The standard InChI is InChI=1S/C8H5F3O2/c1-2-5(12)6-3-4-7(13-6)8(9,10)11/h1,3-5,12H. The van der Waals surface area contributed by atoms with Crippen molar-refractivity contribution < 1.29 is 22.7 Å². The monoisotopic (exact) mass is 190 g/mol. The summed E-state index contributed by atoms with van der Waals surface area (Å²) in [7, 11) is 0. The molecule has 5 heteroatoms. The van der Waals surface area contributed by atoms with E-state index in [1.54, 1.807) is 0 Å². The normalized spacial score (nSPS) is 13.8. The van der Waals surface area contributed by atoms with E-state index in [4.69, 9.17) is 11.5 Å². The van der Waals surface area contributed by atoms with Crippen LogP contribution in [0.25, 0.3) is 0 Å². The molecule has 0 aliphatic rings. The summed E-state index contributed by atoms with van der Waals surface area (Å²) >= 11 is 0. The van der Waals surface area contributed by atoms with Crippen molar-refractivity contribution in [3.63, 3.8) is 0 Å². The zero-order valence-electron chi connectivity index (χ0n) is 6.30. The average molecular weight is 190 g/mol. The van der Waals surface area contributed by atoms with E-state index < -0.39 is 18.0 Å². The number of halogens is 3. The number of hydrogen-bond donors (Lipinski definition) is 1. The highest BCUT2D eigenvalue weighted by molar-refractivity contribution is 5.17. The van der Waals surface area contributed by atoms with Crippen molar-refractivity contribution >= 4 is 0 Å². The van der Waals surface area contributed by atoms with E-state index in [-0.39, 0.29) is 5.76 Å². The van der Waals surface area contributed by atoms with Gasteiger partial charge in [-0.05, 0) is 12.1 Å². The predicted octanol–water partition coefficient (Wildman–Crippen LogP) is 1.97. The maximum Gasteiger partial charge on any atom is 0.449 e. The summed E-state index contributed by atoms with van der Waals surface area (Å²) < 4.78 is 40.1. The molecule has 13 heavy (non-hydrogen) atoms. The number of aliphatic hydroxyl groups is 1. The summed E-state index contributed by atoms with van der Waals surface area (Å²) in [4.78, 5) is 0. The van der Waals surface area contributed by atoms with Crippen LogP contribution in [0, 0.1) is 12.3 Å². The van der Waals surface area contributed by atoms with Gasteiger partial charge in [-0.2, -0.15) is 13.2 Å². The molecule has 0 radical (unpaired) electrons. The molecule has 1 atom stereocenters. The van der Waals surface area contributed by atoms with Crippen LogP contribution in [0.5, 0.6) is 0 Å². The minimum Gasteiger partial charge on any atom is -0.453 e. The number of furan rings is 1. The molecule has 1 aromatic rings. The first-order chi connectivity index (χ1) is 5.95. The van der Waals surface area contributed by atoms with Crippen molar-refractivity contribution in [3.05, 3.63) is 23.7 Å².